The van der Waals surface area contributed by atoms with Gasteiger partial charge in [-0.05, 0) is 30.0 Å². The quantitative estimate of drug-likeness (QED) is 0.810. The third-order valence-corrected chi connectivity index (χ3v) is 4.50. The summed E-state index contributed by atoms with van der Waals surface area (Å²) in [4.78, 5) is 2.41. The minimum Gasteiger partial charge on any atom is -0.387 e. The highest BCUT2D eigenvalue weighted by molar-refractivity contribution is 6.31. The Balaban J connectivity index is 1.84. The number of rotatable bonds is 1. The standard InChI is InChI=1S/C14H19ClN2O/c15-12-3-1-2-11-10(12)4-5-13(14(11)18)17-8-6-16-7-9-17/h1-3,13-14,16,18H,4-9H2. The first-order valence-corrected chi connectivity index (χ1v) is 7.05. The van der Waals surface area contributed by atoms with Crippen molar-refractivity contribution in [3.05, 3.63) is 34.3 Å². The van der Waals surface area contributed by atoms with Crippen LogP contribution < -0.4 is 5.32 Å². The summed E-state index contributed by atoms with van der Waals surface area (Å²) in [5.41, 5.74) is 2.16. The summed E-state index contributed by atoms with van der Waals surface area (Å²) in [5, 5.41) is 14.7. The molecule has 0 amide bonds. The maximum absolute atomic E-state index is 10.6. The summed E-state index contributed by atoms with van der Waals surface area (Å²) in [6, 6.07) is 6.11. The van der Waals surface area contributed by atoms with Gasteiger partial charge in [-0.2, -0.15) is 0 Å². The Morgan fingerprint density at radius 2 is 2.06 bits per heavy atom. The van der Waals surface area contributed by atoms with Gasteiger partial charge in [0, 0.05) is 37.2 Å². The maximum Gasteiger partial charge on any atom is 0.0948 e. The van der Waals surface area contributed by atoms with Crippen LogP contribution >= 0.6 is 11.6 Å². The van der Waals surface area contributed by atoms with Gasteiger partial charge in [0.15, 0.2) is 0 Å². The van der Waals surface area contributed by atoms with Crippen LogP contribution in [0, 0.1) is 0 Å². The van der Waals surface area contributed by atoms with Crippen LogP contribution in [0.1, 0.15) is 23.7 Å². The zero-order chi connectivity index (χ0) is 12.5. The molecule has 0 radical (unpaired) electrons. The first kappa shape index (κ1) is 12.4. The van der Waals surface area contributed by atoms with Crippen LogP contribution in [0.4, 0.5) is 0 Å². The van der Waals surface area contributed by atoms with Gasteiger partial charge >= 0.3 is 0 Å². The molecule has 0 aromatic heterocycles. The van der Waals surface area contributed by atoms with Gasteiger partial charge in [0.2, 0.25) is 0 Å². The van der Waals surface area contributed by atoms with Crippen molar-refractivity contribution in [3.63, 3.8) is 0 Å². The number of nitrogens with one attached hydrogen (secondary N) is 1. The summed E-state index contributed by atoms with van der Waals surface area (Å²) in [6.45, 7) is 4.09. The van der Waals surface area contributed by atoms with E-state index in [4.69, 9.17) is 11.6 Å². The molecule has 4 heteroatoms. The summed E-state index contributed by atoms with van der Waals surface area (Å²) in [5.74, 6) is 0. The van der Waals surface area contributed by atoms with E-state index >= 15 is 0 Å². The molecule has 3 rings (SSSR count). The molecule has 3 nitrogen and oxygen atoms in total. The van der Waals surface area contributed by atoms with Crippen LogP contribution in [0.2, 0.25) is 5.02 Å². The van der Waals surface area contributed by atoms with E-state index in [-0.39, 0.29) is 6.04 Å². The number of piperazine rings is 1. The predicted octanol–water partition coefficient (Wildman–Crippen LogP) is 1.59. The largest absolute Gasteiger partial charge is 0.387 e. The van der Waals surface area contributed by atoms with Crippen molar-refractivity contribution < 1.29 is 5.11 Å². The fourth-order valence-electron chi connectivity index (χ4n) is 3.17. The molecule has 1 aliphatic heterocycles. The minimum absolute atomic E-state index is 0.248. The number of hydrogen-bond acceptors (Lipinski definition) is 3. The third-order valence-electron chi connectivity index (χ3n) is 4.15. The number of hydrogen-bond donors (Lipinski definition) is 2. The fraction of sp³-hybridized carbons (Fsp3) is 0.571. The van der Waals surface area contributed by atoms with Gasteiger partial charge in [-0.15, -0.1) is 0 Å². The summed E-state index contributed by atoms with van der Waals surface area (Å²) >= 11 is 6.21. The van der Waals surface area contributed by atoms with Crippen LogP contribution in [0.3, 0.4) is 0 Å². The highest BCUT2D eigenvalue weighted by atomic mass is 35.5. The van der Waals surface area contributed by atoms with Gasteiger partial charge in [-0.3, -0.25) is 4.90 Å². The van der Waals surface area contributed by atoms with E-state index in [2.05, 4.69) is 10.2 Å². The predicted molar refractivity (Wildman–Crippen MR) is 73.0 cm³/mol. The molecule has 0 saturated carbocycles. The van der Waals surface area contributed by atoms with Crippen LogP contribution in [-0.2, 0) is 6.42 Å². The lowest BCUT2D eigenvalue weighted by molar-refractivity contribution is 0.0298. The van der Waals surface area contributed by atoms with Crippen molar-refractivity contribution in [1.82, 2.24) is 10.2 Å². The van der Waals surface area contributed by atoms with E-state index < -0.39 is 6.10 Å². The van der Waals surface area contributed by atoms with Gasteiger partial charge in [-0.25, -0.2) is 0 Å². The Morgan fingerprint density at radius 1 is 1.28 bits per heavy atom. The van der Waals surface area contributed by atoms with Gasteiger partial charge in [-0.1, -0.05) is 23.7 Å². The summed E-state index contributed by atoms with van der Waals surface area (Å²) < 4.78 is 0. The van der Waals surface area contributed by atoms with E-state index in [1.165, 1.54) is 0 Å². The zero-order valence-corrected chi connectivity index (χ0v) is 11.2. The van der Waals surface area contributed by atoms with Crippen LogP contribution in [0.15, 0.2) is 18.2 Å². The third kappa shape index (κ3) is 2.16. The molecule has 2 aliphatic rings. The molecule has 2 atom stereocenters. The number of halogens is 1. The average molecular weight is 267 g/mol. The van der Waals surface area contributed by atoms with Gasteiger partial charge in [0.05, 0.1) is 6.10 Å². The molecule has 98 valence electrons. The Labute approximate surface area is 113 Å². The first-order chi connectivity index (χ1) is 8.77. The molecule has 1 aromatic rings. The van der Waals surface area contributed by atoms with E-state index in [1.54, 1.807) is 0 Å². The number of aliphatic hydroxyl groups excluding tert-OH is 1. The van der Waals surface area contributed by atoms with E-state index in [0.29, 0.717) is 0 Å². The number of nitrogens with zero attached hydrogens (tertiary/aromatic N) is 1. The molecule has 0 bridgehead atoms. The van der Waals surface area contributed by atoms with Gasteiger partial charge in [0.1, 0.15) is 0 Å². The lowest BCUT2D eigenvalue weighted by atomic mass is 9.85. The number of aliphatic hydroxyl groups is 1. The van der Waals surface area contributed by atoms with E-state index in [1.807, 2.05) is 18.2 Å². The Hall–Kier alpha value is -0.610. The molecular formula is C14H19ClN2O. The van der Waals surface area contributed by atoms with Crippen molar-refractivity contribution in [1.29, 1.82) is 0 Å². The highest BCUT2D eigenvalue weighted by Gasteiger charge is 2.33. The van der Waals surface area contributed by atoms with Crippen LogP contribution in [0.25, 0.3) is 0 Å². The molecule has 1 heterocycles. The molecule has 18 heavy (non-hydrogen) atoms. The monoisotopic (exact) mass is 266 g/mol. The second kappa shape index (κ2) is 5.17. The van der Waals surface area contributed by atoms with Gasteiger partial charge < -0.3 is 10.4 Å². The second-order valence-electron chi connectivity index (χ2n) is 5.14. The molecule has 1 aromatic carbocycles. The molecule has 1 fully saturated rings. The Morgan fingerprint density at radius 3 is 2.83 bits per heavy atom. The number of fused-ring (bicyclic) bond motifs is 1. The van der Waals surface area contributed by atoms with Crippen molar-refractivity contribution in [2.45, 2.75) is 25.0 Å². The molecule has 0 spiro atoms. The van der Waals surface area contributed by atoms with Crippen LogP contribution in [-0.4, -0.2) is 42.2 Å². The minimum atomic E-state index is -0.398. The van der Waals surface area contributed by atoms with E-state index in [9.17, 15) is 5.11 Å². The fourth-order valence-corrected chi connectivity index (χ4v) is 3.45. The SMILES string of the molecule is OC1c2cccc(Cl)c2CCC1N1CCNCC1. The topological polar surface area (TPSA) is 35.5 Å². The second-order valence-corrected chi connectivity index (χ2v) is 5.55. The molecular weight excluding hydrogens is 248 g/mol. The van der Waals surface area contributed by atoms with E-state index in [0.717, 1.165) is 55.2 Å². The number of benzene rings is 1. The lowest BCUT2D eigenvalue weighted by Gasteiger charge is -2.40. The normalized spacial score (nSPS) is 29.0. The smallest absolute Gasteiger partial charge is 0.0948 e. The lowest BCUT2D eigenvalue weighted by Crippen LogP contribution is -2.51. The van der Waals surface area contributed by atoms with Crippen molar-refractivity contribution in [3.8, 4) is 0 Å². The van der Waals surface area contributed by atoms with Crippen molar-refractivity contribution >= 4 is 11.6 Å². The Bertz CT molecular complexity index is 432. The summed E-state index contributed by atoms with van der Waals surface area (Å²) in [6.07, 6.45) is 1.57. The molecule has 1 saturated heterocycles. The van der Waals surface area contributed by atoms with Gasteiger partial charge in [0.25, 0.3) is 0 Å². The molecule has 2 N–H and O–H groups in total. The molecule has 2 unspecified atom stereocenters. The zero-order valence-electron chi connectivity index (χ0n) is 10.4. The van der Waals surface area contributed by atoms with Crippen LogP contribution in [0.5, 0.6) is 0 Å². The maximum atomic E-state index is 10.6. The van der Waals surface area contributed by atoms with Crippen molar-refractivity contribution in [2.75, 3.05) is 26.2 Å². The average Bonchev–Trinajstić information content (AvgIpc) is 2.41. The highest BCUT2D eigenvalue weighted by Crippen LogP contribution is 2.36. The molecule has 1 aliphatic carbocycles. The first-order valence-electron chi connectivity index (χ1n) is 6.67. The summed E-state index contributed by atoms with van der Waals surface area (Å²) in [7, 11) is 0. The van der Waals surface area contributed by atoms with Crippen molar-refractivity contribution in [2.24, 2.45) is 0 Å². The Kier molecular flexibility index (Phi) is 3.57.